The second-order valence-corrected chi connectivity index (χ2v) is 14.6. The Kier molecular flexibility index (Phi) is 6.18. The van der Waals surface area contributed by atoms with Crippen molar-refractivity contribution < 1.29 is 35.7 Å². The van der Waals surface area contributed by atoms with Gasteiger partial charge in [-0.25, -0.2) is 0 Å². The zero-order chi connectivity index (χ0) is 26.6. The van der Waals surface area contributed by atoms with E-state index in [2.05, 4.69) is 19.9 Å². The first kappa shape index (κ1) is 27.0. The Morgan fingerprint density at radius 3 is 2.03 bits per heavy atom. The molecule has 4 fully saturated rings. The zero-order valence-electron chi connectivity index (χ0n) is 22.6. The van der Waals surface area contributed by atoms with Crippen molar-refractivity contribution >= 4 is 0 Å². The number of hydrogen-bond donors (Lipinski definition) is 7. The minimum absolute atomic E-state index is 0.0555. The van der Waals surface area contributed by atoms with E-state index in [0.29, 0.717) is 12.8 Å². The monoisotopic (exact) mass is 508 g/mol. The standard InChI is InChI=1S/C29H48O7/c1-25(2)12-16-15-6-7-17-26(3)11-9-19(32)28(5,13-30)18(26)8-10-27(17,4)20(15)21(33)22(34)29(16,14-31)24(36)23(25)35/h6,16-24,30-36H,7-14H2,1-5H3/t16?,17?,18?,19-,20?,21+,22+,23-,24-,26+,27+,28+,29-/m0/s1. The average molecular weight is 509 g/mol. The third-order valence-electron chi connectivity index (χ3n) is 12.8. The minimum Gasteiger partial charge on any atom is -0.396 e. The Hall–Kier alpha value is -0.540. The maximum Gasteiger partial charge on any atom is 0.0914 e. The van der Waals surface area contributed by atoms with Crippen LogP contribution < -0.4 is 0 Å². The summed E-state index contributed by atoms with van der Waals surface area (Å²) in [6.45, 7) is 9.81. The molecule has 7 nitrogen and oxygen atoms in total. The van der Waals surface area contributed by atoms with Crippen molar-refractivity contribution in [3.63, 3.8) is 0 Å². The quantitative estimate of drug-likeness (QED) is 0.281. The summed E-state index contributed by atoms with van der Waals surface area (Å²) >= 11 is 0. The third-order valence-corrected chi connectivity index (χ3v) is 12.8. The van der Waals surface area contributed by atoms with Gasteiger partial charge in [0.1, 0.15) is 0 Å². The highest BCUT2D eigenvalue weighted by atomic mass is 16.4. The molecule has 0 aromatic carbocycles. The molecular formula is C29H48O7. The Balaban J connectivity index is 1.62. The average Bonchev–Trinajstić information content (AvgIpc) is 2.83. The van der Waals surface area contributed by atoms with E-state index in [1.54, 1.807) is 0 Å². The van der Waals surface area contributed by atoms with Crippen LogP contribution in [0.25, 0.3) is 0 Å². The number of aliphatic hydroxyl groups is 7. The lowest BCUT2D eigenvalue weighted by molar-refractivity contribution is -0.270. The largest absolute Gasteiger partial charge is 0.396 e. The van der Waals surface area contributed by atoms with E-state index < -0.39 is 53.4 Å². The Morgan fingerprint density at radius 1 is 0.778 bits per heavy atom. The van der Waals surface area contributed by atoms with E-state index in [1.807, 2.05) is 20.8 Å². The van der Waals surface area contributed by atoms with Crippen LogP contribution >= 0.6 is 0 Å². The molecule has 4 unspecified atom stereocenters. The molecule has 36 heavy (non-hydrogen) atoms. The Morgan fingerprint density at radius 2 is 1.42 bits per heavy atom. The highest BCUT2D eigenvalue weighted by Crippen LogP contribution is 2.72. The number of fused-ring (bicyclic) bond motifs is 7. The molecule has 0 spiro atoms. The van der Waals surface area contributed by atoms with Crippen LogP contribution in [0, 0.1) is 50.7 Å². The summed E-state index contributed by atoms with van der Waals surface area (Å²) in [5.41, 5.74) is -2.03. The van der Waals surface area contributed by atoms with Crippen LogP contribution in [-0.2, 0) is 0 Å². The smallest absolute Gasteiger partial charge is 0.0914 e. The van der Waals surface area contributed by atoms with E-state index in [0.717, 1.165) is 31.3 Å². The van der Waals surface area contributed by atoms with Crippen molar-refractivity contribution in [3.8, 4) is 0 Å². The summed E-state index contributed by atoms with van der Waals surface area (Å²) in [4.78, 5) is 0. The molecule has 5 aliphatic rings. The van der Waals surface area contributed by atoms with Crippen molar-refractivity contribution in [3.05, 3.63) is 11.6 Å². The van der Waals surface area contributed by atoms with Crippen LogP contribution in [0.5, 0.6) is 0 Å². The first-order chi connectivity index (χ1) is 16.7. The van der Waals surface area contributed by atoms with Gasteiger partial charge in [-0.15, -0.1) is 0 Å². The second-order valence-electron chi connectivity index (χ2n) is 14.6. The van der Waals surface area contributed by atoms with Gasteiger partial charge in [0.15, 0.2) is 0 Å². The molecule has 0 radical (unpaired) electrons. The Labute approximate surface area is 215 Å². The number of rotatable bonds is 2. The van der Waals surface area contributed by atoms with Gasteiger partial charge in [0, 0.05) is 11.3 Å². The lowest BCUT2D eigenvalue weighted by Gasteiger charge is -2.70. The molecule has 0 saturated heterocycles. The van der Waals surface area contributed by atoms with E-state index in [9.17, 15) is 35.7 Å². The predicted octanol–water partition coefficient (Wildman–Crippen LogP) is 1.61. The summed E-state index contributed by atoms with van der Waals surface area (Å²) in [5, 5.41) is 77.4. The summed E-state index contributed by atoms with van der Waals surface area (Å²) in [7, 11) is 0. The lowest BCUT2D eigenvalue weighted by Crippen LogP contribution is -2.73. The van der Waals surface area contributed by atoms with Gasteiger partial charge in [-0.2, -0.15) is 0 Å². The van der Waals surface area contributed by atoms with E-state index in [4.69, 9.17) is 0 Å². The maximum absolute atomic E-state index is 11.7. The van der Waals surface area contributed by atoms with Gasteiger partial charge in [0.25, 0.3) is 0 Å². The fraction of sp³-hybridized carbons (Fsp3) is 0.931. The number of aliphatic hydroxyl groups excluding tert-OH is 7. The van der Waals surface area contributed by atoms with Gasteiger partial charge in [-0.05, 0) is 72.5 Å². The lowest BCUT2D eigenvalue weighted by atomic mass is 9.36. The normalized spacial score (nSPS) is 58.1. The minimum atomic E-state index is -1.41. The van der Waals surface area contributed by atoms with Crippen LogP contribution in [0.4, 0.5) is 0 Å². The molecule has 5 rings (SSSR count). The summed E-state index contributed by atoms with van der Waals surface area (Å²) < 4.78 is 0. The van der Waals surface area contributed by atoms with Gasteiger partial charge in [0.2, 0.25) is 0 Å². The van der Waals surface area contributed by atoms with Crippen LogP contribution in [0.1, 0.15) is 73.1 Å². The first-order valence-electron chi connectivity index (χ1n) is 14.0. The van der Waals surface area contributed by atoms with Crippen molar-refractivity contribution in [2.75, 3.05) is 13.2 Å². The van der Waals surface area contributed by atoms with Gasteiger partial charge in [-0.1, -0.05) is 46.3 Å². The van der Waals surface area contributed by atoms with E-state index >= 15 is 0 Å². The molecule has 0 bridgehead atoms. The van der Waals surface area contributed by atoms with E-state index in [1.165, 1.54) is 0 Å². The Bertz CT molecular complexity index is 919. The highest BCUT2D eigenvalue weighted by molar-refractivity contribution is 5.34. The van der Waals surface area contributed by atoms with Gasteiger partial charge < -0.3 is 35.7 Å². The SMILES string of the molecule is CC1(C)CC2C3=CCC4[C@@](C)(CCC5[C@]4(C)CC[C@H](O)[C@]5(C)CO)C3[C@@H](O)[C@@H](O)[C@@]2(CO)[C@@H](O)[C@@H]1O. The van der Waals surface area contributed by atoms with Crippen LogP contribution in [0.3, 0.4) is 0 Å². The summed E-state index contributed by atoms with van der Waals surface area (Å²) in [6, 6.07) is 0. The highest BCUT2D eigenvalue weighted by Gasteiger charge is 2.71. The number of allylic oxidation sites excluding steroid dienone is 1. The molecule has 0 aromatic rings. The molecule has 0 aromatic heterocycles. The zero-order valence-corrected chi connectivity index (χ0v) is 22.6. The van der Waals surface area contributed by atoms with Gasteiger partial charge in [0.05, 0.1) is 49.1 Å². The molecule has 0 heterocycles. The van der Waals surface area contributed by atoms with E-state index in [-0.39, 0.29) is 41.1 Å². The molecule has 0 amide bonds. The predicted molar refractivity (Wildman–Crippen MR) is 134 cm³/mol. The molecule has 0 aliphatic heterocycles. The second kappa shape index (κ2) is 8.23. The van der Waals surface area contributed by atoms with Crippen molar-refractivity contribution in [2.24, 2.45) is 50.7 Å². The topological polar surface area (TPSA) is 142 Å². The maximum atomic E-state index is 11.7. The molecule has 206 valence electrons. The van der Waals surface area contributed by atoms with Crippen LogP contribution in [0.2, 0.25) is 0 Å². The van der Waals surface area contributed by atoms with Crippen LogP contribution in [-0.4, -0.2) is 79.5 Å². The number of hydrogen-bond acceptors (Lipinski definition) is 7. The summed E-state index contributed by atoms with van der Waals surface area (Å²) in [6.07, 6.45) is 1.06. The molecule has 5 aliphatic carbocycles. The van der Waals surface area contributed by atoms with Gasteiger partial charge >= 0.3 is 0 Å². The molecule has 13 atom stereocenters. The van der Waals surface area contributed by atoms with Crippen LogP contribution in [0.15, 0.2) is 11.6 Å². The fourth-order valence-corrected chi connectivity index (χ4v) is 10.6. The first-order valence-corrected chi connectivity index (χ1v) is 14.0. The molecule has 7 N–H and O–H groups in total. The fourth-order valence-electron chi connectivity index (χ4n) is 10.6. The van der Waals surface area contributed by atoms with Gasteiger partial charge in [-0.3, -0.25) is 0 Å². The molecular weight excluding hydrogens is 460 g/mol. The third kappa shape index (κ3) is 3.05. The van der Waals surface area contributed by atoms with Crippen molar-refractivity contribution in [2.45, 2.75) is 104 Å². The molecule has 4 saturated carbocycles. The van der Waals surface area contributed by atoms with Crippen molar-refractivity contribution in [1.29, 1.82) is 0 Å². The van der Waals surface area contributed by atoms with Crippen molar-refractivity contribution in [1.82, 2.24) is 0 Å². The molecule has 7 heteroatoms. The summed E-state index contributed by atoms with van der Waals surface area (Å²) in [5.74, 6) is -0.316.